The molecule has 0 unspecified atom stereocenters. The molecule has 0 amide bonds. The van der Waals surface area contributed by atoms with E-state index in [0.717, 1.165) is 37.1 Å². The Bertz CT molecular complexity index is 1020. The van der Waals surface area contributed by atoms with Gasteiger partial charge in [0.1, 0.15) is 23.7 Å². The van der Waals surface area contributed by atoms with Crippen molar-refractivity contribution in [3.05, 3.63) is 58.1 Å². The van der Waals surface area contributed by atoms with E-state index in [-0.39, 0.29) is 5.54 Å². The maximum atomic E-state index is 9.54. The summed E-state index contributed by atoms with van der Waals surface area (Å²) in [6.45, 7) is 0.595. The van der Waals surface area contributed by atoms with Gasteiger partial charge in [0.05, 0.1) is 22.4 Å². The van der Waals surface area contributed by atoms with Gasteiger partial charge in [-0.1, -0.05) is 43.0 Å². The second-order valence-electron chi connectivity index (χ2n) is 7.32. The predicted molar refractivity (Wildman–Crippen MR) is 111 cm³/mol. The van der Waals surface area contributed by atoms with Crippen molar-refractivity contribution < 1.29 is 0 Å². The van der Waals surface area contributed by atoms with Crippen molar-refractivity contribution in [3.8, 4) is 12.1 Å². The summed E-state index contributed by atoms with van der Waals surface area (Å²) in [4.78, 5) is 4.88. The van der Waals surface area contributed by atoms with Gasteiger partial charge in [-0.25, -0.2) is 4.99 Å². The monoisotopic (exact) mass is 389 g/mol. The zero-order valence-corrected chi connectivity index (χ0v) is 16.2. The summed E-state index contributed by atoms with van der Waals surface area (Å²) < 4.78 is 0. The Kier molecular flexibility index (Phi) is 4.94. The van der Waals surface area contributed by atoms with Crippen molar-refractivity contribution in [1.29, 1.82) is 10.5 Å². The first-order valence-electron chi connectivity index (χ1n) is 9.48. The van der Waals surface area contributed by atoms with Crippen LogP contribution < -0.4 is 10.6 Å². The maximum absolute atomic E-state index is 9.54. The number of rotatable bonds is 2. The average Bonchev–Trinajstić information content (AvgIpc) is 2.72. The molecule has 1 spiro atoms. The third-order valence-corrected chi connectivity index (χ3v) is 5.75. The Hall–Kier alpha value is -3.02. The van der Waals surface area contributed by atoms with Crippen LogP contribution in [-0.4, -0.2) is 11.4 Å². The van der Waals surface area contributed by atoms with Crippen LogP contribution in [0.5, 0.6) is 0 Å². The lowest BCUT2D eigenvalue weighted by Gasteiger charge is -2.43. The molecule has 1 heterocycles. The number of hydrogen-bond acceptors (Lipinski definition) is 5. The molecule has 2 aromatic rings. The Morgan fingerprint density at radius 3 is 2.54 bits per heavy atom. The minimum absolute atomic E-state index is 0.330. The normalized spacial score (nSPS) is 16.9. The minimum Gasteiger partial charge on any atom is -0.370 e. The van der Waals surface area contributed by atoms with Crippen LogP contribution in [-0.2, 0) is 6.54 Å². The van der Waals surface area contributed by atoms with E-state index >= 15 is 0 Å². The molecule has 0 saturated heterocycles. The lowest BCUT2D eigenvalue weighted by Crippen LogP contribution is -2.55. The van der Waals surface area contributed by atoms with Crippen LogP contribution in [0.4, 0.5) is 11.4 Å². The van der Waals surface area contributed by atoms with Gasteiger partial charge in [-0.15, -0.1) is 0 Å². The largest absolute Gasteiger partial charge is 0.370 e. The molecule has 0 bridgehead atoms. The summed E-state index contributed by atoms with van der Waals surface area (Å²) >= 11 is 6.11. The molecule has 2 aromatic carbocycles. The van der Waals surface area contributed by atoms with Gasteiger partial charge in [0, 0.05) is 11.6 Å². The quantitative estimate of drug-likeness (QED) is 0.754. The fraction of sp³-hybridized carbons (Fsp3) is 0.318. The van der Waals surface area contributed by atoms with Crippen molar-refractivity contribution >= 4 is 28.8 Å². The first-order chi connectivity index (χ1) is 13.6. The first-order valence-corrected chi connectivity index (χ1v) is 9.86. The van der Waals surface area contributed by atoms with E-state index in [1.165, 1.54) is 6.42 Å². The molecule has 0 radical (unpaired) electrons. The van der Waals surface area contributed by atoms with Crippen LogP contribution in [0.3, 0.4) is 0 Å². The lowest BCUT2D eigenvalue weighted by molar-refractivity contribution is 0.396. The Morgan fingerprint density at radius 1 is 1.07 bits per heavy atom. The van der Waals surface area contributed by atoms with Crippen LogP contribution in [0, 0.1) is 22.7 Å². The van der Waals surface area contributed by atoms with Crippen molar-refractivity contribution in [3.63, 3.8) is 0 Å². The number of halogens is 1. The van der Waals surface area contributed by atoms with E-state index in [9.17, 15) is 10.5 Å². The van der Waals surface area contributed by atoms with Gasteiger partial charge < -0.3 is 10.6 Å². The molecule has 5 nitrogen and oxygen atoms in total. The molecule has 2 N–H and O–H groups in total. The van der Waals surface area contributed by atoms with Gasteiger partial charge in [0.15, 0.2) is 0 Å². The topological polar surface area (TPSA) is 84.0 Å². The van der Waals surface area contributed by atoms with Crippen molar-refractivity contribution in [2.24, 2.45) is 4.99 Å². The number of nitrogens with zero attached hydrogens (tertiary/aromatic N) is 3. The summed E-state index contributed by atoms with van der Waals surface area (Å²) in [6.07, 6.45) is 5.27. The van der Waals surface area contributed by atoms with E-state index in [4.69, 9.17) is 16.6 Å². The standard InChI is InChI=1S/C22H20ClN5/c23-18-6-4-5-15(11-18)14-26-21-22(9-2-1-3-10-22)28-20-17(13-25)8-7-16(12-24)19(20)27-21/h4-8,11,28H,1-3,9-10,14H2,(H,26,27). The zero-order valence-electron chi connectivity index (χ0n) is 15.4. The predicted octanol–water partition coefficient (Wildman–Crippen LogP) is 5.03. The Labute approximate surface area is 169 Å². The summed E-state index contributed by atoms with van der Waals surface area (Å²) in [5, 5.41) is 26.9. The molecule has 0 aromatic heterocycles. The molecule has 0 atom stereocenters. The van der Waals surface area contributed by atoms with Crippen LogP contribution in [0.25, 0.3) is 0 Å². The zero-order chi connectivity index (χ0) is 19.6. The number of fused-ring (bicyclic) bond motifs is 1. The van der Waals surface area contributed by atoms with Crippen molar-refractivity contribution in [2.75, 3.05) is 5.32 Å². The molecule has 4 rings (SSSR count). The van der Waals surface area contributed by atoms with Gasteiger partial charge in [0.25, 0.3) is 0 Å². The molecule has 140 valence electrons. The molecule has 1 aliphatic heterocycles. The summed E-state index contributed by atoms with van der Waals surface area (Å²) in [5.74, 6) is 0.839. The van der Waals surface area contributed by atoms with E-state index in [0.29, 0.717) is 34.1 Å². The molecule has 28 heavy (non-hydrogen) atoms. The lowest BCUT2D eigenvalue weighted by atomic mass is 9.79. The molecular formula is C22H20ClN5. The van der Waals surface area contributed by atoms with E-state index in [1.54, 1.807) is 12.1 Å². The van der Waals surface area contributed by atoms with E-state index < -0.39 is 0 Å². The van der Waals surface area contributed by atoms with Gasteiger partial charge >= 0.3 is 0 Å². The third kappa shape index (κ3) is 3.30. The highest BCUT2D eigenvalue weighted by Crippen LogP contribution is 2.43. The smallest absolute Gasteiger partial charge is 0.128 e. The SMILES string of the molecule is N#Cc1ccc(C#N)c2c1N=C(NCc1cccc(Cl)c1)C1(CCCCC1)N2. The second-order valence-corrected chi connectivity index (χ2v) is 7.76. The second kappa shape index (κ2) is 7.54. The minimum atomic E-state index is -0.330. The number of aliphatic imine (C=N–C) groups is 1. The first kappa shape index (κ1) is 18.3. The van der Waals surface area contributed by atoms with Gasteiger partial charge in [0.2, 0.25) is 0 Å². The summed E-state index contributed by atoms with van der Waals surface area (Å²) in [7, 11) is 0. The molecule has 6 heteroatoms. The Morgan fingerprint density at radius 2 is 1.82 bits per heavy atom. The van der Waals surface area contributed by atoms with Crippen LogP contribution >= 0.6 is 11.6 Å². The van der Waals surface area contributed by atoms with Crippen molar-refractivity contribution in [2.45, 2.75) is 44.2 Å². The van der Waals surface area contributed by atoms with Crippen LogP contribution in [0.2, 0.25) is 5.02 Å². The number of nitrogens with one attached hydrogen (secondary N) is 2. The summed E-state index contributed by atoms with van der Waals surface area (Å²) in [5.41, 5.74) is 2.95. The fourth-order valence-electron chi connectivity index (χ4n) is 4.09. The Balaban J connectivity index is 1.76. The number of anilines is 1. The van der Waals surface area contributed by atoms with Crippen LogP contribution in [0.1, 0.15) is 48.8 Å². The summed E-state index contributed by atoms with van der Waals surface area (Å²) in [6, 6.07) is 15.5. The maximum Gasteiger partial charge on any atom is 0.128 e. The number of benzene rings is 2. The van der Waals surface area contributed by atoms with Gasteiger partial charge in [-0.05, 0) is 42.7 Å². The van der Waals surface area contributed by atoms with Gasteiger partial charge in [-0.2, -0.15) is 10.5 Å². The highest BCUT2D eigenvalue weighted by atomic mass is 35.5. The average molecular weight is 390 g/mol. The van der Waals surface area contributed by atoms with Crippen LogP contribution in [0.15, 0.2) is 41.4 Å². The highest BCUT2D eigenvalue weighted by Gasteiger charge is 2.41. The fourth-order valence-corrected chi connectivity index (χ4v) is 4.31. The number of hydrogen-bond donors (Lipinski definition) is 2. The van der Waals surface area contributed by atoms with Crippen molar-refractivity contribution in [1.82, 2.24) is 5.32 Å². The molecule has 1 aliphatic carbocycles. The number of nitriles is 2. The molecular weight excluding hydrogens is 370 g/mol. The molecule has 2 aliphatic rings. The molecule has 1 fully saturated rings. The third-order valence-electron chi connectivity index (χ3n) is 5.52. The number of amidine groups is 1. The molecule has 1 saturated carbocycles. The highest BCUT2D eigenvalue weighted by molar-refractivity contribution is 6.30. The van der Waals surface area contributed by atoms with E-state index in [2.05, 4.69) is 22.8 Å². The van der Waals surface area contributed by atoms with E-state index in [1.807, 2.05) is 24.3 Å². The van der Waals surface area contributed by atoms with Gasteiger partial charge in [-0.3, -0.25) is 0 Å².